The number of benzene rings is 1. The van der Waals surface area contributed by atoms with Crippen molar-refractivity contribution in [2.75, 3.05) is 5.32 Å². The van der Waals surface area contributed by atoms with Crippen LogP contribution in [-0.4, -0.2) is 18.0 Å². The molecule has 0 saturated heterocycles. The maximum atomic E-state index is 12.1. The summed E-state index contributed by atoms with van der Waals surface area (Å²) in [6.07, 6.45) is 2.54. The van der Waals surface area contributed by atoms with Crippen LogP contribution in [0, 0.1) is 11.3 Å². The van der Waals surface area contributed by atoms with Crippen LogP contribution >= 0.6 is 0 Å². The molecule has 0 aliphatic heterocycles. The third-order valence-electron chi connectivity index (χ3n) is 3.45. The molecule has 1 N–H and O–H groups in total. The summed E-state index contributed by atoms with van der Waals surface area (Å²) in [6.45, 7) is 3.48. The minimum atomic E-state index is -1.05. The smallest absolute Gasteiger partial charge is 0.349 e. The van der Waals surface area contributed by atoms with Crippen LogP contribution in [0.15, 0.2) is 52.7 Å². The standard InChI is InChI=1S/C19H18N2O4/c1-3-14-6-8-16(9-7-14)21-18(22)13(2)25-19(23)15(12-20)11-17-5-4-10-24-17/h4-11,13H,3H2,1-2H3,(H,21,22)/b15-11+/t13-/m0/s1. The van der Waals surface area contributed by atoms with Crippen LogP contribution in [0.4, 0.5) is 5.69 Å². The number of amides is 1. The zero-order chi connectivity index (χ0) is 18.2. The quantitative estimate of drug-likeness (QED) is 0.495. The van der Waals surface area contributed by atoms with E-state index in [0.717, 1.165) is 12.0 Å². The van der Waals surface area contributed by atoms with Crippen LogP contribution in [0.5, 0.6) is 0 Å². The van der Waals surface area contributed by atoms with Gasteiger partial charge in [0, 0.05) is 11.8 Å². The van der Waals surface area contributed by atoms with Crippen LogP contribution in [0.3, 0.4) is 0 Å². The van der Waals surface area contributed by atoms with Gasteiger partial charge in [0.2, 0.25) is 0 Å². The van der Waals surface area contributed by atoms with Crippen molar-refractivity contribution in [2.24, 2.45) is 0 Å². The molecule has 0 bridgehead atoms. The van der Waals surface area contributed by atoms with Gasteiger partial charge < -0.3 is 14.5 Å². The third kappa shape index (κ3) is 5.08. The van der Waals surface area contributed by atoms with Crippen molar-refractivity contribution in [3.05, 3.63) is 59.6 Å². The maximum absolute atomic E-state index is 12.1. The van der Waals surface area contributed by atoms with E-state index in [-0.39, 0.29) is 5.57 Å². The van der Waals surface area contributed by atoms with Gasteiger partial charge in [0.15, 0.2) is 6.10 Å². The summed E-state index contributed by atoms with van der Waals surface area (Å²) in [7, 11) is 0. The number of nitriles is 1. The van der Waals surface area contributed by atoms with Gasteiger partial charge in [-0.3, -0.25) is 4.79 Å². The van der Waals surface area contributed by atoms with Crippen molar-refractivity contribution in [3.63, 3.8) is 0 Å². The summed E-state index contributed by atoms with van der Waals surface area (Å²) >= 11 is 0. The molecular formula is C19H18N2O4. The number of hydrogen-bond acceptors (Lipinski definition) is 5. The predicted octanol–water partition coefficient (Wildman–Crippen LogP) is 3.32. The predicted molar refractivity (Wildman–Crippen MR) is 92.3 cm³/mol. The first-order chi connectivity index (χ1) is 12.0. The number of nitrogens with zero attached hydrogens (tertiary/aromatic N) is 1. The Morgan fingerprint density at radius 3 is 2.60 bits per heavy atom. The summed E-state index contributed by atoms with van der Waals surface area (Å²) in [5.74, 6) is -1.02. The average Bonchev–Trinajstić information content (AvgIpc) is 3.13. The van der Waals surface area contributed by atoms with E-state index in [2.05, 4.69) is 5.32 Å². The van der Waals surface area contributed by atoms with E-state index >= 15 is 0 Å². The molecule has 25 heavy (non-hydrogen) atoms. The second-order valence-electron chi connectivity index (χ2n) is 5.27. The molecule has 0 saturated carbocycles. The Morgan fingerprint density at radius 1 is 1.32 bits per heavy atom. The lowest BCUT2D eigenvalue weighted by Gasteiger charge is -2.13. The fourth-order valence-corrected chi connectivity index (χ4v) is 2.00. The van der Waals surface area contributed by atoms with Crippen molar-refractivity contribution >= 4 is 23.6 Å². The van der Waals surface area contributed by atoms with Crippen molar-refractivity contribution in [1.82, 2.24) is 0 Å². The first-order valence-corrected chi connectivity index (χ1v) is 7.79. The van der Waals surface area contributed by atoms with Gasteiger partial charge in [-0.2, -0.15) is 5.26 Å². The second kappa shape index (κ2) is 8.50. The van der Waals surface area contributed by atoms with Crippen LogP contribution < -0.4 is 5.32 Å². The lowest BCUT2D eigenvalue weighted by Crippen LogP contribution is -2.30. The number of anilines is 1. The summed E-state index contributed by atoms with van der Waals surface area (Å²) in [5.41, 5.74) is 1.51. The summed E-state index contributed by atoms with van der Waals surface area (Å²) < 4.78 is 10.1. The molecule has 6 nitrogen and oxygen atoms in total. The molecule has 2 aromatic rings. The zero-order valence-electron chi connectivity index (χ0n) is 14.0. The molecule has 6 heteroatoms. The van der Waals surface area contributed by atoms with Gasteiger partial charge in [-0.15, -0.1) is 0 Å². The van der Waals surface area contributed by atoms with Gasteiger partial charge in [0.05, 0.1) is 6.26 Å². The molecular weight excluding hydrogens is 320 g/mol. The molecule has 128 valence electrons. The number of hydrogen-bond donors (Lipinski definition) is 1. The largest absolute Gasteiger partial charge is 0.465 e. The molecule has 0 spiro atoms. The maximum Gasteiger partial charge on any atom is 0.349 e. The molecule has 1 amide bonds. The van der Waals surface area contributed by atoms with Gasteiger partial charge >= 0.3 is 5.97 Å². The van der Waals surface area contributed by atoms with E-state index in [9.17, 15) is 9.59 Å². The lowest BCUT2D eigenvalue weighted by molar-refractivity contribution is -0.148. The number of nitrogens with one attached hydrogen (secondary N) is 1. The topological polar surface area (TPSA) is 92.3 Å². The molecule has 0 radical (unpaired) electrons. The molecule has 0 fully saturated rings. The fraction of sp³-hybridized carbons (Fsp3) is 0.211. The monoisotopic (exact) mass is 338 g/mol. The Balaban J connectivity index is 1.97. The molecule has 1 aromatic carbocycles. The van der Waals surface area contributed by atoms with Crippen molar-refractivity contribution in [3.8, 4) is 6.07 Å². The molecule has 0 unspecified atom stereocenters. The van der Waals surface area contributed by atoms with Crippen LogP contribution in [0.1, 0.15) is 25.2 Å². The average molecular weight is 338 g/mol. The molecule has 1 heterocycles. The molecule has 2 rings (SSSR count). The third-order valence-corrected chi connectivity index (χ3v) is 3.45. The Bertz CT molecular complexity index is 799. The Morgan fingerprint density at radius 2 is 2.04 bits per heavy atom. The van der Waals surface area contributed by atoms with E-state index in [0.29, 0.717) is 11.4 Å². The van der Waals surface area contributed by atoms with Crippen molar-refractivity contribution in [2.45, 2.75) is 26.4 Å². The molecule has 1 aromatic heterocycles. The van der Waals surface area contributed by atoms with E-state index in [1.165, 1.54) is 19.3 Å². The Labute approximate surface area is 145 Å². The van der Waals surface area contributed by atoms with Crippen LogP contribution in [0.25, 0.3) is 6.08 Å². The van der Waals surface area contributed by atoms with E-state index < -0.39 is 18.0 Å². The van der Waals surface area contributed by atoms with Gasteiger partial charge in [0.25, 0.3) is 5.91 Å². The van der Waals surface area contributed by atoms with Crippen LogP contribution in [0.2, 0.25) is 0 Å². The SMILES string of the molecule is CCc1ccc(NC(=O)[C@H](C)OC(=O)/C(C#N)=C/c2ccco2)cc1. The Kier molecular flexibility index (Phi) is 6.13. The van der Waals surface area contributed by atoms with Crippen LogP contribution in [-0.2, 0) is 20.7 Å². The number of carbonyl (C=O) groups excluding carboxylic acids is 2. The highest BCUT2D eigenvalue weighted by Crippen LogP contribution is 2.12. The van der Waals surface area contributed by atoms with Crippen molar-refractivity contribution < 1.29 is 18.7 Å². The minimum absolute atomic E-state index is 0.248. The van der Waals surface area contributed by atoms with Gasteiger partial charge in [-0.05, 0) is 43.2 Å². The number of rotatable bonds is 6. The highest BCUT2D eigenvalue weighted by atomic mass is 16.5. The second-order valence-corrected chi connectivity index (χ2v) is 5.27. The fourth-order valence-electron chi connectivity index (χ4n) is 2.00. The molecule has 0 aliphatic rings. The van der Waals surface area contributed by atoms with Crippen molar-refractivity contribution in [1.29, 1.82) is 5.26 Å². The van der Waals surface area contributed by atoms with E-state index in [1.54, 1.807) is 30.3 Å². The first-order valence-electron chi connectivity index (χ1n) is 7.79. The summed E-state index contributed by atoms with van der Waals surface area (Å²) in [5, 5.41) is 11.7. The highest BCUT2D eigenvalue weighted by molar-refractivity contribution is 6.00. The summed E-state index contributed by atoms with van der Waals surface area (Å²) in [6, 6.07) is 12.3. The Hall–Kier alpha value is -3.33. The summed E-state index contributed by atoms with van der Waals surface area (Å²) in [4.78, 5) is 24.1. The normalized spacial score (nSPS) is 12.1. The van der Waals surface area contributed by atoms with Gasteiger partial charge in [-0.1, -0.05) is 19.1 Å². The number of ether oxygens (including phenoxy) is 1. The molecule has 1 atom stereocenters. The number of furan rings is 1. The minimum Gasteiger partial charge on any atom is -0.465 e. The zero-order valence-corrected chi connectivity index (χ0v) is 14.0. The van der Waals surface area contributed by atoms with Gasteiger partial charge in [-0.25, -0.2) is 4.79 Å². The van der Waals surface area contributed by atoms with Gasteiger partial charge in [0.1, 0.15) is 17.4 Å². The highest BCUT2D eigenvalue weighted by Gasteiger charge is 2.21. The number of aryl methyl sites for hydroxylation is 1. The first kappa shape index (κ1) is 18.0. The van der Waals surface area contributed by atoms with E-state index in [1.807, 2.05) is 19.1 Å². The number of esters is 1. The molecule has 0 aliphatic carbocycles. The lowest BCUT2D eigenvalue weighted by atomic mass is 10.1. The van der Waals surface area contributed by atoms with E-state index in [4.69, 9.17) is 14.4 Å². The number of carbonyl (C=O) groups is 2.